The summed E-state index contributed by atoms with van der Waals surface area (Å²) in [6, 6.07) is 12.8. The van der Waals surface area contributed by atoms with Crippen molar-refractivity contribution in [1.82, 2.24) is 14.9 Å². The van der Waals surface area contributed by atoms with Gasteiger partial charge in [-0.1, -0.05) is 23.7 Å². The lowest BCUT2D eigenvalue weighted by Gasteiger charge is -2.36. The fourth-order valence-electron chi connectivity index (χ4n) is 3.34. The predicted octanol–water partition coefficient (Wildman–Crippen LogP) is 2.79. The molecule has 1 fully saturated rings. The summed E-state index contributed by atoms with van der Waals surface area (Å²) in [5.41, 5.74) is 2.40. The Morgan fingerprint density at radius 2 is 1.76 bits per heavy atom. The van der Waals surface area contributed by atoms with Crippen molar-refractivity contribution in [2.24, 2.45) is 0 Å². The summed E-state index contributed by atoms with van der Waals surface area (Å²) >= 11 is 6.05. The van der Waals surface area contributed by atoms with E-state index in [2.05, 4.69) is 14.9 Å². The van der Waals surface area contributed by atoms with E-state index < -0.39 is 5.97 Å². The van der Waals surface area contributed by atoms with Gasteiger partial charge in [-0.15, -0.1) is 0 Å². The molecule has 29 heavy (non-hydrogen) atoms. The minimum atomic E-state index is -0.581. The van der Waals surface area contributed by atoms with Crippen molar-refractivity contribution in [3.05, 3.63) is 65.4 Å². The smallest absolute Gasteiger partial charge is 0.340 e. The van der Waals surface area contributed by atoms with Gasteiger partial charge in [-0.25, -0.2) is 4.79 Å². The molecule has 7 nitrogen and oxygen atoms in total. The van der Waals surface area contributed by atoms with E-state index in [1.54, 1.807) is 29.3 Å². The van der Waals surface area contributed by atoms with Gasteiger partial charge in [-0.3, -0.25) is 14.8 Å². The minimum Gasteiger partial charge on any atom is -0.452 e. The number of halogens is 1. The van der Waals surface area contributed by atoms with Gasteiger partial charge in [-0.05, 0) is 30.3 Å². The second kappa shape index (κ2) is 8.45. The molecule has 148 valence electrons. The molecule has 3 aromatic rings. The number of fused-ring (bicyclic) bond motifs is 1. The van der Waals surface area contributed by atoms with E-state index in [0.717, 1.165) is 5.69 Å². The third-order valence-corrected chi connectivity index (χ3v) is 5.09. The van der Waals surface area contributed by atoms with Crippen molar-refractivity contribution in [3.63, 3.8) is 0 Å². The van der Waals surface area contributed by atoms with Gasteiger partial charge in [0, 0.05) is 49.3 Å². The molecular formula is C21H19ClN4O3. The quantitative estimate of drug-likeness (QED) is 0.616. The number of esters is 1. The van der Waals surface area contributed by atoms with Crippen LogP contribution in [0.25, 0.3) is 11.0 Å². The molecule has 0 unspecified atom stereocenters. The molecule has 0 aliphatic carbocycles. The number of hydrogen-bond acceptors (Lipinski definition) is 6. The number of nitrogens with zero attached hydrogens (tertiary/aromatic N) is 4. The third kappa shape index (κ3) is 4.30. The molecule has 1 amide bonds. The van der Waals surface area contributed by atoms with E-state index in [1.165, 1.54) is 6.20 Å². The van der Waals surface area contributed by atoms with Crippen LogP contribution in [0.1, 0.15) is 10.4 Å². The average molecular weight is 411 g/mol. The van der Waals surface area contributed by atoms with Crippen LogP contribution >= 0.6 is 11.6 Å². The molecule has 1 aliphatic rings. The van der Waals surface area contributed by atoms with Gasteiger partial charge in [0.2, 0.25) is 0 Å². The van der Waals surface area contributed by atoms with Gasteiger partial charge in [0.05, 0.1) is 11.1 Å². The van der Waals surface area contributed by atoms with E-state index in [-0.39, 0.29) is 12.5 Å². The summed E-state index contributed by atoms with van der Waals surface area (Å²) in [4.78, 5) is 37.2. The van der Waals surface area contributed by atoms with Crippen LogP contribution in [0.2, 0.25) is 5.02 Å². The van der Waals surface area contributed by atoms with Crippen molar-refractivity contribution < 1.29 is 14.3 Å². The molecule has 0 radical (unpaired) electrons. The van der Waals surface area contributed by atoms with Gasteiger partial charge < -0.3 is 14.5 Å². The Balaban J connectivity index is 1.33. The van der Waals surface area contributed by atoms with Crippen LogP contribution in [0.4, 0.5) is 5.69 Å². The first-order valence-corrected chi connectivity index (χ1v) is 9.65. The van der Waals surface area contributed by atoms with Crippen LogP contribution in [0.15, 0.2) is 54.9 Å². The van der Waals surface area contributed by atoms with Crippen molar-refractivity contribution in [1.29, 1.82) is 0 Å². The Kier molecular flexibility index (Phi) is 5.57. The summed E-state index contributed by atoms with van der Waals surface area (Å²) in [6.45, 7) is 2.20. The summed E-state index contributed by atoms with van der Waals surface area (Å²) in [5, 5.41) is 0.686. The molecule has 0 spiro atoms. The molecule has 2 aromatic carbocycles. The number of para-hydroxylation sites is 1. The van der Waals surface area contributed by atoms with Crippen molar-refractivity contribution in [3.8, 4) is 0 Å². The van der Waals surface area contributed by atoms with Crippen molar-refractivity contribution in [2.75, 3.05) is 37.7 Å². The van der Waals surface area contributed by atoms with Crippen molar-refractivity contribution in [2.45, 2.75) is 0 Å². The highest BCUT2D eigenvalue weighted by molar-refractivity contribution is 6.30. The number of ether oxygens (including phenoxy) is 1. The van der Waals surface area contributed by atoms with Crippen LogP contribution in [0.3, 0.4) is 0 Å². The van der Waals surface area contributed by atoms with E-state index in [1.807, 2.05) is 24.3 Å². The fourth-order valence-corrected chi connectivity index (χ4v) is 3.53. The van der Waals surface area contributed by atoms with Gasteiger partial charge in [0.15, 0.2) is 6.61 Å². The lowest BCUT2D eigenvalue weighted by atomic mass is 10.2. The van der Waals surface area contributed by atoms with E-state index in [9.17, 15) is 9.59 Å². The molecule has 2 heterocycles. The van der Waals surface area contributed by atoms with Crippen molar-refractivity contribution >= 4 is 40.2 Å². The molecule has 8 heteroatoms. The Morgan fingerprint density at radius 1 is 1.00 bits per heavy atom. The second-order valence-electron chi connectivity index (χ2n) is 6.65. The van der Waals surface area contributed by atoms with Gasteiger partial charge >= 0.3 is 5.97 Å². The number of anilines is 1. The number of benzene rings is 2. The zero-order chi connectivity index (χ0) is 20.2. The van der Waals surface area contributed by atoms with Gasteiger partial charge in [-0.2, -0.15) is 0 Å². The molecular weight excluding hydrogens is 392 g/mol. The molecule has 0 saturated carbocycles. The Morgan fingerprint density at radius 3 is 2.55 bits per heavy atom. The molecule has 0 N–H and O–H groups in total. The monoisotopic (exact) mass is 410 g/mol. The highest BCUT2D eigenvalue weighted by atomic mass is 35.5. The number of carbonyl (C=O) groups is 2. The lowest BCUT2D eigenvalue weighted by Crippen LogP contribution is -2.49. The zero-order valence-corrected chi connectivity index (χ0v) is 16.4. The van der Waals surface area contributed by atoms with Crippen LogP contribution in [0.5, 0.6) is 0 Å². The fraction of sp³-hybridized carbons (Fsp3) is 0.238. The van der Waals surface area contributed by atoms with Crippen LogP contribution < -0.4 is 4.90 Å². The van der Waals surface area contributed by atoms with Crippen LogP contribution in [-0.4, -0.2) is 59.5 Å². The Hall–Kier alpha value is -3.19. The summed E-state index contributed by atoms with van der Waals surface area (Å²) in [6.07, 6.45) is 3.08. The number of amides is 1. The Bertz CT molecular complexity index is 1050. The molecule has 0 bridgehead atoms. The summed E-state index contributed by atoms with van der Waals surface area (Å²) in [5.74, 6) is -0.794. The zero-order valence-electron chi connectivity index (χ0n) is 15.6. The molecule has 1 saturated heterocycles. The first-order chi connectivity index (χ1) is 14.1. The number of rotatable bonds is 4. The maximum atomic E-state index is 12.5. The molecule has 1 aromatic heterocycles. The van der Waals surface area contributed by atoms with Gasteiger partial charge in [0.1, 0.15) is 5.52 Å². The SMILES string of the molecule is O=C(OCC(=O)N1CCN(c2cccc(Cl)c2)CC1)c1cccc2nccnc12. The standard InChI is InChI=1S/C21H19ClN4O3/c22-15-3-1-4-16(13-15)25-9-11-26(12-10-25)19(27)14-29-21(28)17-5-2-6-18-20(17)24-8-7-23-18/h1-8,13H,9-12,14H2. The molecule has 4 rings (SSSR count). The molecule has 0 atom stereocenters. The Labute approximate surface area is 172 Å². The van der Waals surface area contributed by atoms with Crippen LogP contribution in [-0.2, 0) is 9.53 Å². The first kappa shape index (κ1) is 19.1. The summed E-state index contributed by atoms with van der Waals surface area (Å²) < 4.78 is 5.25. The maximum Gasteiger partial charge on any atom is 0.340 e. The van der Waals surface area contributed by atoms with Gasteiger partial charge in [0.25, 0.3) is 5.91 Å². The topological polar surface area (TPSA) is 75.6 Å². The average Bonchev–Trinajstić information content (AvgIpc) is 2.77. The maximum absolute atomic E-state index is 12.5. The minimum absolute atomic E-state index is 0.213. The number of hydrogen-bond donors (Lipinski definition) is 0. The lowest BCUT2D eigenvalue weighted by molar-refractivity contribution is -0.134. The second-order valence-corrected chi connectivity index (χ2v) is 7.09. The number of aromatic nitrogens is 2. The highest BCUT2D eigenvalue weighted by Gasteiger charge is 2.23. The molecule has 1 aliphatic heterocycles. The van der Waals surface area contributed by atoms with E-state index >= 15 is 0 Å². The largest absolute Gasteiger partial charge is 0.452 e. The number of carbonyl (C=O) groups excluding carboxylic acids is 2. The highest BCUT2D eigenvalue weighted by Crippen LogP contribution is 2.21. The number of piperazine rings is 1. The normalized spacial score (nSPS) is 14.1. The van der Waals surface area contributed by atoms with E-state index in [0.29, 0.717) is 47.8 Å². The summed E-state index contributed by atoms with van der Waals surface area (Å²) in [7, 11) is 0. The third-order valence-electron chi connectivity index (χ3n) is 4.85. The van der Waals surface area contributed by atoms with Crippen LogP contribution in [0, 0.1) is 0 Å². The first-order valence-electron chi connectivity index (χ1n) is 9.27. The predicted molar refractivity (Wildman–Crippen MR) is 110 cm³/mol. The van der Waals surface area contributed by atoms with E-state index in [4.69, 9.17) is 16.3 Å².